The monoisotopic (exact) mass is 351 g/mol. The molecule has 1 aliphatic carbocycles. The van der Waals surface area contributed by atoms with Crippen LogP contribution in [0.5, 0.6) is 5.75 Å². The molecule has 0 spiro atoms. The van der Waals surface area contributed by atoms with Crippen molar-refractivity contribution in [2.45, 2.75) is 44.3 Å². The Morgan fingerprint density at radius 3 is 2.69 bits per heavy atom. The number of nitrogens with zero attached hydrogens (tertiary/aromatic N) is 3. The van der Waals surface area contributed by atoms with Gasteiger partial charge < -0.3 is 10.0 Å². The van der Waals surface area contributed by atoms with Gasteiger partial charge in [-0.1, -0.05) is 18.2 Å². The summed E-state index contributed by atoms with van der Waals surface area (Å²) in [6.07, 6.45) is 7.97. The molecule has 1 saturated carbocycles. The van der Waals surface area contributed by atoms with Crippen LogP contribution < -0.4 is 0 Å². The Bertz CT molecular complexity index is 755. The average Bonchev–Trinajstić information content (AvgIpc) is 3.36. The molecular formula is C21H25N3O2. The molecule has 0 unspecified atom stereocenters. The maximum absolute atomic E-state index is 13.6. The van der Waals surface area contributed by atoms with Gasteiger partial charge in [-0.3, -0.25) is 14.7 Å². The van der Waals surface area contributed by atoms with Crippen molar-refractivity contribution in [3.8, 4) is 5.75 Å². The topological polar surface area (TPSA) is 56.7 Å². The molecule has 2 heterocycles. The van der Waals surface area contributed by atoms with Crippen molar-refractivity contribution in [2.24, 2.45) is 0 Å². The van der Waals surface area contributed by atoms with Gasteiger partial charge in [0.2, 0.25) is 5.91 Å². The number of carbonyl (C=O) groups excluding carboxylic acids is 1. The van der Waals surface area contributed by atoms with Crippen molar-refractivity contribution >= 4 is 5.91 Å². The number of amides is 1. The Morgan fingerprint density at radius 1 is 1.23 bits per heavy atom. The molecule has 1 N–H and O–H groups in total. The average molecular weight is 351 g/mol. The second-order valence-corrected chi connectivity index (χ2v) is 7.30. The minimum atomic E-state index is -0.260. The third-order valence-corrected chi connectivity index (χ3v) is 5.27. The predicted molar refractivity (Wildman–Crippen MR) is 99.5 cm³/mol. The molecule has 1 aliphatic heterocycles. The van der Waals surface area contributed by atoms with Gasteiger partial charge in [0, 0.05) is 25.0 Å². The van der Waals surface area contributed by atoms with Gasteiger partial charge in [0.05, 0.1) is 0 Å². The Kier molecular flexibility index (Phi) is 4.89. The third-order valence-electron chi connectivity index (χ3n) is 5.27. The molecule has 5 nitrogen and oxygen atoms in total. The number of pyridine rings is 1. The lowest BCUT2D eigenvalue weighted by atomic mass is 10.1. The zero-order chi connectivity index (χ0) is 17.9. The highest BCUT2D eigenvalue weighted by Gasteiger charge is 2.39. The number of phenols is 1. The SMILES string of the molecule is O=C([C@@H](c1cccnc1)N1CCCC1)N(Cc1cccc(O)c1)C1CC1. The van der Waals surface area contributed by atoms with Crippen molar-refractivity contribution < 1.29 is 9.90 Å². The van der Waals surface area contributed by atoms with Gasteiger partial charge in [-0.25, -0.2) is 0 Å². The van der Waals surface area contributed by atoms with E-state index in [1.54, 1.807) is 18.3 Å². The Labute approximate surface area is 154 Å². The van der Waals surface area contributed by atoms with E-state index in [2.05, 4.69) is 9.88 Å². The quantitative estimate of drug-likeness (QED) is 0.869. The molecule has 26 heavy (non-hydrogen) atoms. The predicted octanol–water partition coefficient (Wildman–Crippen LogP) is 3.12. The zero-order valence-electron chi connectivity index (χ0n) is 14.9. The smallest absolute Gasteiger partial charge is 0.245 e. The number of benzene rings is 1. The first-order chi connectivity index (χ1) is 12.7. The van der Waals surface area contributed by atoms with Gasteiger partial charge in [0.1, 0.15) is 11.8 Å². The van der Waals surface area contributed by atoms with Crippen LogP contribution in [-0.2, 0) is 11.3 Å². The van der Waals surface area contributed by atoms with Gasteiger partial charge >= 0.3 is 0 Å². The lowest BCUT2D eigenvalue weighted by Crippen LogP contribution is -2.43. The minimum Gasteiger partial charge on any atom is -0.508 e. The standard InChI is InChI=1S/C21H25N3O2/c25-19-7-3-5-16(13-19)15-24(18-8-9-18)21(26)20(23-11-1-2-12-23)17-6-4-10-22-14-17/h3-7,10,13-14,18,20,25H,1-2,8-9,11-12,15H2/t20-/m1/s1. The first-order valence-corrected chi connectivity index (χ1v) is 9.45. The van der Waals surface area contributed by atoms with Crippen LogP contribution in [0.3, 0.4) is 0 Å². The summed E-state index contributed by atoms with van der Waals surface area (Å²) in [5, 5.41) is 9.76. The van der Waals surface area contributed by atoms with Crippen molar-refractivity contribution in [1.29, 1.82) is 0 Å². The van der Waals surface area contributed by atoms with Crippen molar-refractivity contribution in [1.82, 2.24) is 14.8 Å². The van der Waals surface area contributed by atoms with Gasteiger partial charge in [-0.05, 0) is 68.1 Å². The molecule has 1 amide bonds. The molecule has 0 radical (unpaired) electrons. The number of likely N-dealkylation sites (tertiary alicyclic amines) is 1. The van der Waals surface area contributed by atoms with E-state index in [1.165, 1.54) is 0 Å². The summed E-state index contributed by atoms with van der Waals surface area (Å²) in [5.74, 6) is 0.403. The normalized spacial score (nSPS) is 18.6. The van der Waals surface area contributed by atoms with Crippen LogP contribution in [0.15, 0.2) is 48.8 Å². The number of hydrogen-bond donors (Lipinski definition) is 1. The fraction of sp³-hybridized carbons (Fsp3) is 0.429. The molecule has 2 aromatic rings. The Hall–Kier alpha value is -2.40. The van der Waals surface area contributed by atoms with E-state index in [1.807, 2.05) is 35.4 Å². The molecule has 1 aromatic carbocycles. The minimum absolute atomic E-state index is 0.158. The number of hydrogen-bond acceptors (Lipinski definition) is 4. The summed E-state index contributed by atoms with van der Waals surface area (Å²) in [4.78, 5) is 22.1. The first kappa shape index (κ1) is 17.0. The van der Waals surface area contributed by atoms with Crippen LogP contribution in [0.1, 0.15) is 42.9 Å². The van der Waals surface area contributed by atoms with Gasteiger partial charge in [0.25, 0.3) is 0 Å². The van der Waals surface area contributed by atoms with Crippen molar-refractivity contribution in [3.05, 3.63) is 59.9 Å². The second kappa shape index (κ2) is 7.46. The van der Waals surface area contributed by atoms with Crippen LogP contribution in [-0.4, -0.2) is 44.9 Å². The van der Waals surface area contributed by atoms with E-state index in [0.29, 0.717) is 12.6 Å². The molecule has 1 saturated heterocycles. The van der Waals surface area contributed by atoms with E-state index < -0.39 is 0 Å². The molecule has 1 aromatic heterocycles. The molecule has 0 bridgehead atoms. The van der Waals surface area contributed by atoms with Crippen molar-refractivity contribution in [2.75, 3.05) is 13.1 Å². The third kappa shape index (κ3) is 3.73. The van der Waals surface area contributed by atoms with Gasteiger partial charge in [-0.15, -0.1) is 0 Å². The highest BCUT2D eigenvalue weighted by molar-refractivity contribution is 5.84. The second-order valence-electron chi connectivity index (χ2n) is 7.30. The highest BCUT2D eigenvalue weighted by Crippen LogP contribution is 2.34. The number of carbonyl (C=O) groups is 1. The number of phenolic OH excluding ortho intramolecular Hbond substituents is 1. The summed E-state index contributed by atoms with van der Waals surface area (Å²) in [7, 11) is 0. The Morgan fingerprint density at radius 2 is 2.04 bits per heavy atom. The van der Waals surface area contributed by atoms with E-state index in [0.717, 1.165) is 49.9 Å². The van der Waals surface area contributed by atoms with E-state index in [-0.39, 0.29) is 17.7 Å². The van der Waals surface area contributed by atoms with E-state index in [9.17, 15) is 9.90 Å². The molecule has 4 rings (SSSR count). The number of aromatic hydroxyl groups is 1. The first-order valence-electron chi connectivity index (χ1n) is 9.45. The summed E-state index contributed by atoms with van der Waals surface area (Å²) in [6.45, 7) is 2.45. The molecule has 2 fully saturated rings. The molecule has 1 atom stereocenters. The van der Waals surface area contributed by atoms with Gasteiger partial charge in [-0.2, -0.15) is 0 Å². The van der Waals surface area contributed by atoms with Crippen LogP contribution in [0, 0.1) is 0 Å². The maximum atomic E-state index is 13.6. The van der Waals surface area contributed by atoms with Crippen LogP contribution >= 0.6 is 0 Å². The van der Waals surface area contributed by atoms with E-state index >= 15 is 0 Å². The molecule has 5 heteroatoms. The zero-order valence-corrected chi connectivity index (χ0v) is 14.9. The van der Waals surface area contributed by atoms with Crippen LogP contribution in [0.4, 0.5) is 0 Å². The fourth-order valence-electron chi connectivity index (χ4n) is 3.83. The largest absolute Gasteiger partial charge is 0.508 e. The molecule has 2 aliphatic rings. The summed E-state index contributed by atoms with van der Waals surface area (Å²) < 4.78 is 0. The maximum Gasteiger partial charge on any atom is 0.245 e. The lowest BCUT2D eigenvalue weighted by Gasteiger charge is -2.33. The number of rotatable bonds is 6. The van der Waals surface area contributed by atoms with Crippen LogP contribution in [0.25, 0.3) is 0 Å². The Balaban J connectivity index is 1.61. The van der Waals surface area contributed by atoms with Crippen LogP contribution in [0.2, 0.25) is 0 Å². The number of aromatic nitrogens is 1. The van der Waals surface area contributed by atoms with E-state index in [4.69, 9.17) is 0 Å². The summed E-state index contributed by atoms with van der Waals surface area (Å²) in [5.41, 5.74) is 1.94. The highest BCUT2D eigenvalue weighted by atomic mass is 16.3. The molecular weight excluding hydrogens is 326 g/mol. The summed E-state index contributed by atoms with van der Waals surface area (Å²) >= 11 is 0. The fourth-order valence-corrected chi connectivity index (χ4v) is 3.83. The summed E-state index contributed by atoms with van der Waals surface area (Å²) in [6, 6.07) is 11.2. The molecule has 136 valence electrons. The van der Waals surface area contributed by atoms with Crippen molar-refractivity contribution in [3.63, 3.8) is 0 Å². The lowest BCUT2D eigenvalue weighted by molar-refractivity contribution is -0.138. The van der Waals surface area contributed by atoms with Gasteiger partial charge in [0.15, 0.2) is 0 Å².